The van der Waals surface area contributed by atoms with Gasteiger partial charge in [0.05, 0.1) is 30.2 Å². The number of aromatic nitrogens is 2. The van der Waals surface area contributed by atoms with Crippen LogP contribution in [0.5, 0.6) is 0 Å². The predicted octanol–water partition coefficient (Wildman–Crippen LogP) is 4.05. The fourth-order valence-corrected chi connectivity index (χ4v) is 4.69. The fourth-order valence-electron chi connectivity index (χ4n) is 3.99. The summed E-state index contributed by atoms with van der Waals surface area (Å²) < 4.78 is 12.3. The number of amides is 1. The first-order valence-corrected chi connectivity index (χ1v) is 11.5. The summed E-state index contributed by atoms with van der Waals surface area (Å²) in [5, 5.41) is 5.11. The molecule has 2 aromatic rings. The first kappa shape index (κ1) is 22.5. The van der Waals surface area contributed by atoms with Crippen molar-refractivity contribution in [3.05, 3.63) is 27.7 Å². The lowest BCUT2D eigenvalue weighted by Gasteiger charge is -2.24. The van der Waals surface area contributed by atoms with E-state index in [2.05, 4.69) is 14.9 Å². The topological polar surface area (TPSA) is 82.4 Å². The molecule has 1 saturated carbocycles. The van der Waals surface area contributed by atoms with Gasteiger partial charge in [-0.05, 0) is 38.7 Å². The summed E-state index contributed by atoms with van der Waals surface area (Å²) in [4.78, 5) is 29.3. The van der Waals surface area contributed by atoms with E-state index in [-0.39, 0.29) is 5.91 Å². The number of nitrogens with zero attached hydrogens (tertiary/aromatic N) is 2. The molecule has 3 rings (SSSR count). The predicted molar refractivity (Wildman–Crippen MR) is 117 cm³/mol. The lowest BCUT2D eigenvalue weighted by Crippen LogP contribution is -2.27. The number of ether oxygens (including phenoxy) is 2. The zero-order valence-electron chi connectivity index (χ0n) is 18.0. The molecule has 0 unspecified atom stereocenters. The molecule has 8 heteroatoms. The van der Waals surface area contributed by atoms with Crippen LogP contribution in [0.25, 0.3) is 11.4 Å². The van der Waals surface area contributed by atoms with Crippen LogP contribution >= 0.6 is 11.3 Å². The molecule has 0 aliphatic heterocycles. The van der Waals surface area contributed by atoms with Gasteiger partial charge in [-0.2, -0.15) is 0 Å². The number of methoxy groups -OCH3 is 1. The number of carbonyl (C=O) groups is 2. The van der Waals surface area contributed by atoms with Gasteiger partial charge in [0.1, 0.15) is 0 Å². The summed E-state index contributed by atoms with van der Waals surface area (Å²) in [6.07, 6.45) is 6.23. The smallest absolute Gasteiger partial charge is 0.367 e. The Morgan fingerprint density at radius 1 is 1.30 bits per heavy atom. The minimum atomic E-state index is -0.409. The molecule has 0 bridgehead atoms. The minimum absolute atomic E-state index is 0.117. The fraction of sp³-hybridized carbons (Fsp3) is 0.591. The van der Waals surface area contributed by atoms with Gasteiger partial charge in [-0.15, -0.1) is 11.3 Å². The third kappa shape index (κ3) is 5.29. The van der Waals surface area contributed by atoms with Gasteiger partial charge >= 0.3 is 5.97 Å². The number of rotatable bonds is 9. The molecular weight excluding hydrogens is 402 g/mol. The first-order chi connectivity index (χ1) is 14.5. The molecule has 0 atom stereocenters. The van der Waals surface area contributed by atoms with Crippen LogP contribution in [0.2, 0.25) is 0 Å². The van der Waals surface area contributed by atoms with Crippen molar-refractivity contribution in [3.63, 3.8) is 0 Å². The molecule has 1 N–H and O–H groups in total. The lowest BCUT2D eigenvalue weighted by molar-refractivity contribution is 0.0526. The van der Waals surface area contributed by atoms with Crippen molar-refractivity contribution in [1.82, 2.24) is 14.9 Å². The van der Waals surface area contributed by atoms with Crippen LogP contribution in [0, 0.1) is 12.8 Å². The van der Waals surface area contributed by atoms with Crippen LogP contribution in [-0.2, 0) is 16.0 Å². The van der Waals surface area contributed by atoms with Crippen LogP contribution in [0.3, 0.4) is 0 Å². The van der Waals surface area contributed by atoms with Crippen LogP contribution in [0.4, 0.5) is 0 Å². The average molecular weight is 434 g/mol. The Kier molecular flexibility index (Phi) is 8.04. The van der Waals surface area contributed by atoms with Gasteiger partial charge in [0, 0.05) is 31.3 Å². The van der Waals surface area contributed by atoms with Crippen LogP contribution < -0.4 is 5.32 Å². The van der Waals surface area contributed by atoms with Crippen molar-refractivity contribution in [2.75, 3.05) is 26.9 Å². The van der Waals surface area contributed by atoms with E-state index in [0.717, 1.165) is 17.9 Å². The van der Waals surface area contributed by atoms with E-state index in [9.17, 15) is 9.59 Å². The third-order valence-corrected chi connectivity index (χ3v) is 6.41. The Hall–Kier alpha value is -2.19. The maximum atomic E-state index is 12.8. The lowest BCUT2D eigenvalue weighted by atomic mass is 9.89. The molecule has 2 heterocycles. The van der Waals surface area contributed by atoms with Gasteiger partial charge in [-0.3, -0.25) is 4.79 Å². The Balaban J connectivity index is 1.92. The molecule has 164 valence electrons. The largest absolute Gasteiger partial charge is 0.461 e. The summed E-state index contributed by atoms with van der Waals surface area (Å²) in [6, 6.07) is 1.89. The molecule has 0 radical (unpaired) electrons. The monoisotopic (exact) mass is 433 g/mol. The van der Waals surface area contributed by atoms with Crippen molar-refractivity contribution in [2.45, 2.75) is 52.5 Å². The Morgan fingerprint density at radius 2 is 2.07 bits per heavy atom. The number of thiazole rings is 1. The molecule has 0 spiro atoms. The zero-order valence-corrected chi connectivity index (χ0v) is 18.8. The van der Waals surface area contributed by atoms with E-state index >= 15 is 0 Å². The van der Waals surface area contributed by atoms with E-state index in [4.69, 9.17) is 9.47 Å². The summed E-state index contributed by atoms with van der Waals surface area (Å²) >= 11 is 1.27. The average Bonchev–Trinajstić information content (AvgIpc) is 3.35. The highest BCUT2D eigenvalue weighted by atomic mass is 32.1. The highest BCUT2D eigenvalue weighted by molar-refractivity contribution is 7.11. The third-order valence-electron chi connectivity index (χ3n) is 5.59. The highest BCUT2D eigenvalue weighted by Crippen LogP contribution is 2.32. The zero-order chi connectivity index (χ0) is 21.5. The Bertz CT molecular complexity index is 868. The first-order valence-electron chi connectivity index (χ1n) is 10.6. The Morgan fingerprint density at radius 3 is 2.77 bits per heavy atom. The molecule has 7 nitrogen and oxygen atoms in total. The van der Waals surface area contributed by atoms with Crippen molar-refractivity contribution in [1.29, 1.82) is 0 Å². The van der Waals surface area contributed by atoms with Crippen LogP contribution in [0.15, 0.2) is 11.4 Å². The number of nitrogens with one attached hydrogen (secondary N) is 1. The van der Waals surface area contributed by atoms with E-state index in [1.54, 1.807) is 14.0 Å². The number of hydrogen-bond acceptors (Lipinski definition) is 6. The highest BCUT2D eigenvalue weighted by Gasteiger charge is 2.24. The van der Waals surface area contributed by atoms with Crippen molar-refractivity contribution in [2.24, 2.45) is 5.92 Å². The summed E-state index contributed by atoms with van der Waals surface area (Å²) in [5.41, 5.74) is 3.15. The summed E-state index contributed by atoms with van der Waals surface area (Å²) in [5.74, 6) is 0.0681. The van der Waals surface area contributed by atoms with Gasteiger partial charge in [0.15, 0.2) is 0 Å². The van der Waals surface area contributed by atoms with E-state index < -0.39 is 5.97 Å². The number of carbonyl (C=O) groups excluding carboxylic acids is 2. The van der Waals surface area contributed by atoms with Gasteiger partial charge in [0.2, 0.25) is 5.01 Å². The summed E-state index contributed by atoms with van der Waals surface area (Å²) in [7, 11) is 1.61. The van der Waals surface area contributed by atoms with Gasteiger partial charge < -0.3 is 19.4 Å². The quantitative estimate of drug-likeness (QED) is 0.476. The molecule has 0 aromatic carbocycles. The second kappa shape index (κ2) is 10.7. The van der Waals surface area contributed by atoms with Gasteiger partial charge in [-0.25, -0.2) is 9.78 Å². The Labute approximate surface area is 181 Å². The SMILES string of the molecule is CCOC(=O)c1nc(-c2cc(C(=O)NCCOC)c(C)n2CC2CCCCC2)cs1. The van der Waals surface area contributed by atoms with Gasteiger partial charge in [0.25, 0.3) is 5.91 Å². The standard InChI is InChI=1S/C22H31N3O4S/c1-4-29-22(27)21-24-18(14-30-21)19-12-17(20(26)23-10-11-28-3)15(2)25(19)13-16-8-6-5-7-9-16/h12,14,16H,4-11,13H2,1-3H3,(H,23,26). The molecule has 30 heavy (non-hydrogen) atoms. The van der Waals surface area contributed by atoms with Crippen molar-refractivity contribution < 1.29 is 19.1 Å². The van der Waals surface area contributed by atoms with Crippen LogP contribution in [-0.4, -0.2) is 48.3 Å². The maximum absolute atomic E-state index is 12.8. The molecular formula is C22H31N3O4S. The second-order valence-electron chi connectivity index (χ2n) is 7.65. The molecule has 1 aliphatic rings. The van der Waals surface area contributed by atoms with E-state index in [1.807, 2.05) is 18.4 Å². The van der Waals surface area contributed by atoms with Gasteiger partial charge in [-0.1, -0.05) is 19.3 Å². The number of hydrogen-bond donors (Lipinski definition) is 1. The normalized spacial score (nSPS) is 14.6. The van der Waals surface area contributed by atoms with Crippen molar-refractivity contribution >= 4 is 23.2 Å². The van der Waals surface area contributed by atoms with Crippen LogP contribution in [0.1, 0.15) is 64.9 Å². The minimum Gasteiger partial charge on any atom is -0.461 e. The molecule has 2 aromatic heterocycles. The van der Waals surface area contributed by atoms with E-state index in [1.165, 1.54) is 43.4 Å². The number of esters is 1. The molecule has 0 saturated heterocycles. The molecule has 1 amide bonds. The molecule has 1 fully saturated rings. The summed E-state index contributed by atoms with van der Waals surface area (Å²) in [6.45, 7) is 5.86. The van der Waals surface area contributed by atoms with Crippen molar-refractivity contribution in [3.8, 4) is 11.4 Å². The molecule has 1 aliphatic carbocycles. The van der Waals surface area contributed by atoms with E-state index in [0.29, 0.717) is 41.9 Å². The maximum Gasteiger partial charge on any atom is 0.367 e. The second-order valence-corrected chi connectivity index (χ2v) is 8.51.